The van der Waals surface area contributed by atoms with Crippen molar-refractivity contribution in [3.05, 3.63) is 41.0 Å². The highest BCUT2D eigenvalue weighted by Crippen LogP contribution is 2.22. The minimum atomic E-state index is -0.403. The number of hydrogen-bond acceptors (Lipinski definition) is 3. The molecule has 1 aromatic carbocycles. The van der Waals surface area contributed by atoms with Crippen LogP contribution in [0.25, 0.3) is 6.08 Å². The van der Waals surface area contributed by atoms with Gasteiger partial charge < -0.3 is 0 Å². The van der Waals surface area contributed by atoms with Crippen LogP contribution in [0.2, 0.25) is 0 Å². The Balaban J connectivity index is 2.42. The van der Waals surface area contributed by atoms with Gasteiger partial charge in [0.2, 0.25) is 0 Å². The number of amides is 1. The first-order valence-electron chi connectivity index (χ1n) is 5.33. The fourth-order valence-electron chi connectivity index (χ4n) is 1.74. The molecular weight excluding hydrogens is 214 g/mol. The summed E-state index contributed by atoms with van der Waals surface area (Å²) >= 11 is 0. The molecule has 4 nitrogen and oxygen atoms in total. The average molecular weight is 227 g/mol. The fraction of sp³-hybridized carbons (Fsp3) is 0.231. The van der Waals surface area contributed by atoms with Crippen LogP contribution in [-0.4, -0.2) is 11.4 Å². The van der Waals surface area contributed by atoms with Gasteiger partial charge in [-0.25, -0.2) is 5.43 Å². The Hall–Kier alpha value is -2.12. The Morgan fingerprint density at radius 3 is 2.76 bits per heavy atom. The van der Waals surface area contributed by atoms with E-state index in [4.69, 9.17) is 5.26 Å². The van der Waals surface area contributed by atoms with Crippen LogP contribution in [0.1, 0.15) is 25.0 Å². The van der Waals surface area contributed by atoms with Gasteiger partial charge in [0.05, 0.1) is 17.2 Å². The third kappa shape index (κ3) is 2.19. The Bertz CT molecular complexity index is 538. The molecule has 1 heterocycles. The summed E-state index contributed by atoms with van der Waals surface area (Å²) in [5.74, 6) is -0.127. The van der Waals surface area contributed by atoms with Crippen LogP contribution in [0.5, 0.6) is 0 Å². The zero-order chi connectivity index (χ0) is 12.5. The third-order valence-electron chi connectivity index (χ3n) is 2.73. The summed E-state index contributed by atoms with van der Waals surface area (Å²) in [6.45, 7) is 3.84. The summed E-state index contributed by atoms with van der Waals surface area (Å²) in [5, 5.41) is 8.82. The van der Waals surface area contributed by atoms with Crippen molar-refractivity contribution in [3.8, 4) is 6.07 Å². The molecule has 1 aromatic rings. The van der Waals surface area contributed by atoms with Gasteiger partial charge in [0.15, 0.2) is 0 Å². The number of nitrogens with zero attached hydrogens (tertiary/aromatic N) is 1. The second kappa shape index (κ2) is 4.04. The number of benzene rings is 1. The summed E-state index contributed by atoms with van der Waals surface area (Å²) in [6, 6.07) is 9.25. The number of carbonyl (C=O) groups excluding carboxylic acids is 1. The second-order valence-corrected chi connectivity index (χ2v) is 4.50. The molecule has 0 aliphatic carbocycles. The lowest BCUT2D eigenvalue weighted by Crippen LogP contribution is -2.38. The van der Waals surface area contributed by atoms with Crippen LogP contribution >= 0.6 is 0 Å². The molecule has 4 heteroatoms. The van der Waals surface area contributed by atoms with Crippen molar-refractivity contribution in [3.63, 3.8) is 0 Å². The second-order valence-electron chi connectivity index (χ2n) is 4.50. The molecule has 1 fully saturated rings. The molecule has 1 aliphatic heterocycles. The first-order chi connectivity index (χ1) is 8.03. The molecule has 0 aromatic heterocycles. The lowest BCUT2D eigenvalue weighted by atomic mass is 9.94. The molecule has 2 rings (SSSR count). The Morgan fingerprint density at radius 1 is 1.41 bits per heavy atom. The smallest absolute Gasteiger partial charge is 0.263 e. The topological polar surface area (TPSA) is 64.9 Å². The number of carbonyl (C=O) groups is 1. The van der Waals surface area contributed by atoms with Gasteiger partial charge in [0.25, 0.3) is 5.91 Å². The van der Waals surface area contributed by atoms with Crippen LogP contribution in [-0.2, 0) is 4.79 Å². The Labute approximate surface area is 99.9 Å². The van der Waals surface area contributed by atoms with E-state index in [1.165, 1.54) is 0 Å². The largest absolute Gasteiger partial charge is 0.287 e. The first kappa shape index (κ1) is 11.4. The molecule has 2 N–H and O–H groups in total. The molecule has 0 radical (unpaired) electrons. The SMILES string of the molecule is CC1(C)NNC(=O)/C1=C\c1cccc(C#N)c1. The minimum absolute atomic E-state index is 0.127. The Morgan fingerprint density at radius 2 is 2.18 bits per heavy atom. The predicted molar refractivity (Wildman–Crippen MR) is 64.5 cm³/mol. The number of hydrazine groups is 1. The molecule has 1 amide bonds. The number of nitrogens with one attached hydrogen (secondary N) is 2. The van der Waals surface area contributed by atoms with Gasteiger partial charge in [-0.05, 0) is 37.6 Å². The van der Waals surface area contributed by atoms with Gasteiger partial charge >= 0.3 is 0 Å². The van der Waals surface area contributed by atoms with Crippen molar-refractivity contribution < 1.29 is 4.79 Å². The van der Waals surface area contributed by atoms with E-state index in [2.05, 4.69) is 16.9 Å². The van der Waals surface area contributed by atoms with Gasteiger partial charge in [-0.3, -0.25) is 10.2 Å². The molecule has 0 unspecified atom stereocenters. The van der Waals surface area contributed by atoms with Crippen LogP contribution in [0.3, 0.4) is 0 Å². The van der Waals surface area contributed by atoms with Gasteiger partial charge in [0, 0.05) is 5.57 Å². The highest BCUT2D eigenvalue weighted by molar-refractivity contribution is 6.01. The Kier molecular flexibility index (Phi) is 2.70. The molecule has 1 saturated heterocycles. The molecule has 17 heavy (non-hydrogen) atoms. The normalized spacial score (nSPS) is 20.1. The van der Waals surface area contributed by atoms with E-state index in [-0.39, 0.29) is 5.91 Å². The zero-order valence-corrected chi connectivity index (χ0v) is 9.74. The maximum atomic E-state index is 11.6. The lowest BCUT2D eigenvalue weighted by Gasteiger charge is -2.16. The molecule has 0 atom stereocenters. The fourth-order valence-corrected chi connectivity index (χ4v) is 1.74. The van der Waals surface area contributed by atoms with E-state index >= 15 is 0 Å². The predicted octanol–water partition coefficient (Wildman–Crippen LogP) is 1.35. The summed E-state index contributed by atoms with van der Waals surface area (Å²) in [6.07, 6.45) is 1.80. The van der Waals surface area contributed by atoms with Gasteiger partial charge in [0.1, 0.15) is 0 Å². The van der Waals surface area contributed by atoms with E-state index in [9.17, 15) is 4.79 Å². The maximum absolute atomic E-state index is 11.6. The van der Waals surface area contributed by atoms with Crippen molar-refractivity contribution in [2.45, 2.75) is 19.4 Å². The quantitative estimate of drug-likeness (QED) is 0.712. The first-order valence-corrected chi connectivity index (χ1v) is 5.33. The summed E-state index contributed by atoms with van der Waals surface area (Å²) < 4.78 is 0. The number of rotatable bonds is 1. The highest BCUT2D eigenvalue weighted by Gasteiger charge is 2.34. The van der Waals surface area contributed by atoms with Crippen LogP contribution in [0.15, 0.2) is 29.8 Å². The van der Waals surface area contributed by atoms with Crippen molar-refractivity contribution in [1.82, 2.24) is 10.9 Å². The molecule has 0 spiro atoms. The number of hydrogen-bond donors (Lipinski definition) is 2. The van der Waals surface area contributed by atoms with Crippen molar-refractivity contribution in [2.75, 3.05) is 0 Å². The molecule has 0 saturated carbocycles. The van der Waals surface area contributed by atoms with Crippen molar-refractivity contribution >= 4 is 12.0 Å². The highest BCUT2D eigenvalue weighted by atomic mass is 16.2. The summed E-state index contributed by atoms with van der Waals surface area (Å²) in [5.41, 5.74) is 7.19. The summed E-state index contributed by atoms with van der Waals surface area (Å²) in [7, 11) is 0. The van der Waals surface area contributed by atoms with Gasteiger partial charge in [-0.1, -0.05) is 12.1 Å². The van der Waals surface area contributed by atoms with E-state index in [0.29, 0.717) is 11.1 Å². The molecular formula is C13H13N3O. The van der Waals surface area contributed by atoms with E-state index in [1.807, 2.05) is 19.9 Å². The third-order valence-corrected chi connectivity index (χ3v) is 2.73. The maximum Gasteiger partial charge on any atom is 0.263 e. The van der Waals surface area contributed by atoms with Crippen LogP contribution in [0, 0.1) is 11.3 Å². The van der Waals surface area contributed by atoms with E-state index in [1.54, 1.807) is 24.3 Å². The standard InChI is InChI=1S/C13H13N3O/c1-13(2)11(12(17)15-16-13)7-9-4-3-5-10(6-9)8-14/h3-7,16H,1-2H3,(H,15,17)/b11-7+. The lowest BCUT2D eigenvalue weighted by molar-refractivity contribution is -0.116. The van der Waals surface area contributed by atoms with E-state index < -0.39 is 5.54 Å². The minimum Gasteiger partial charge on any atom is -0.287 e. The average Bonchev–Trinajstić information content (AvgIpc) is 2.56. The number of nitriles is 1. The monoisotopic (exact) mass is 227 g/mol. The molecule has 1 aliphatic rings. The molecule has 86 valence electrons. The van der Waals surface area contributed by atoms with Crippen molar-refractivity contribution in [1.29, 1.82) is 5.26 Å². The van der Waals surface area contributed by atoms with E-state index in [0.717, 1.165) is 5.56 Å². The van der Waals surface area contributed by atoms with Gasteiger partial charge in [-0.2, -0.15) is 5.26 Å². The van der Waals surface area contributed by atoms with Gasteiger partial charge in [-0.15, -0.1) is 0 Å². The summed E-state index contributed by atoms with van der Waals surface area (Å²) in [4.78, 5) is 11.6. The van der Waals surface area contributed by atoms with Crippen molar-refractivity contribution in [2.24, 2.45) is 0 Å². The van der Waals surface area contributed by atoms with Crippen LogP contribution in [0.4, 0.5) is 0 Å². The molecule has 0 bridgehead atoms. The zero-order valence-electron chi connectivity index (χ0n) is 9.74. The van der Waals surface area contributed by atoms with Crippen LogP contribution < -0.4 is 10.9 Å².